The molecule has 45 heavy (non-hydrogen) atoms. The van der Waals surface area contributed by atoms with Crippen molar-refractivity contribution in [3.63, 3.8) is 0 Å². The van der Waals surface area contributed by atoms with Gasteiger partial charge in [0, 0.05) is 50.1 Å². The van der Waals surface area contributed by atoms with Crippen LogP contribution in [0.25, 0.3) is 16.8 Å². The number of aromatic nitrogens is 3. The van der Waals surface area contributed by atoms with Crippen LogP contribution in [0.5, 0.6) is 0 Å². The van der Waals surface area contributed by atoms with E-state index in [0.29, 0.717) is 16.0 Å². The fourth-order valence-corrected chi connectivity index (χ4v) is 5.59. The molecule has 5 rings (SSSR count). The molecule has 4 heterocycles. The summed E-state index contributed by atoms with van der Waals surface area (Å²) in [6.07, 6.45) is -6.76. The van der Waals surface area contributed by atoms with Crippen LogP contribution in [0.15, 0.2) is 24.5 Å². The molecule has 17 heteroatoms. The van der Waals surface area contributed by atoms with Crippen molar-refractivity contribution in [3.05, 3.63) is 47.0 Å². The number of hydrogen-bond acceptors (Lipinski definition) is 7. The fraction of sp³-hybridized carbons (Fsp3) is 0.500. The quantitative estimate of drug-likeness (QED) is 0.351. The van der Waals surface area contributed by atoms with Gasteiger partial charge < -0.3 is 21.1 Å². The molecule has 2 aromatic heterocycles. The smallest absolute Gasteiger partial charge is 0.382 e. The molecule has 1 aromatic carbocycles. The van der Waals surface area contributed by atoms with E-state index in [1.807, 2.05) is 0 Å². The van der Waals surface area contributed by atoms with E-state index in [9.17, 15) is 41.0 Å². The van der Waals surface area contributed by atoms with Gasteiger partial charge in [-0.3, -0.25) is 14.5 Å². The zero-order valence-corrected chi connectivity index (χ0v) is 24.1. The molecule has 2 aliphatic heterocycles. The molecular formula is C28H30F7N7O3. The van der Waals surface area contributed by atoms with Gasteiger partial charge in [-0.1, -0.05) is 0 Å². The van der Waals surface area contributed by atoms with E-state index >= 15 is 4.39 Å². The van der Waals surface area contributed by atoms with Crippen molar-refractivity contribution in [1.29, 1.82) is 0 Å². The number of halogens is 7. The molecule has 0 saturated carbocycles. The topological polar surface area (TPSA) is 129 Å². The molecule has 0 unspecified atom stereocenters. The highest BCUT2D eigenvalue weighted by Crippen LogP contribution is 2.35. The van der Waals surface area contributed by atoms with Crippen LogP contribution < -0.4 is 11.1 Å². The highest BCUT2D eigenvalue weighted by molar-refractivity contribution is 5.97. The molecule has 3 aromatic rings. The number of alkyl halides is 6. The maximum absolute atomic E-state index is 15.4. The van der Waals surface area contributed by atoms with Gasteiger partial charge in [-0.05, 0) is 43.2 Å². The molecule has 0 radical (unpaired) electrons. The summed E-state index contributed by atoms with van der Waals surface area (Å²) in [5, 5.41) is 16.2. The van der Waals surface area contributed by atoms with Crippen LogP contribution in [0, 0.1) is 12.7 Å². The molecule has 2 aliphatic rings. The molecule has 0 spiro atoms. The lowest BCUT2D eigenvalue weighted by molar-refractivity contribution is -0.249. The Morgan fingerprint density at radius 2 is 1.82 bits per heavy atom. The summed E-state index contributed by atoms with van der Waals surface area (Å²) in [7, 11) is 0. The van der Waals surface area contributed by atoms with Crippen molar-refractivity contribution >= 4 is 23.1 Å². The van der Waals surface area contributed by atoms with Crippen molar-refractivity contribution in [1.82, 2.24) is 29.7 Å². The number of fused-ring (bicyclic) bond motifs is 1. The number of hydrogen-bond donors (Lipinski definition) is 3. The second-order valence-corrected chi connectivity index (χ2v) is 11.6. The van der Waals surface area contributed by atoms with E-state index < -0.39 is 60.6 Å². The van der Waals surface area contributed by atoms with Crippen molar-refractivity contribution in [2.75, 3.05) is 31.9 Å². The SMILES string of the molecule is Cc1cc(F)c(-c2cc(CN3CCC(F)(F)CC3)c3c(N)ncnn23)cc1C(=O)N[C@@H]1CN(C(=O)[C@@](C)(O)C(F)(F)F)C[C@@H]1F. The van der Waals surface area contributed by atoms with Crippen molar-refractivity contribution in [2.45, 2.75) is 63.1 Å². The zero-order valence-electron chi connectivity index (χ0n) is 24.1. The number of aliphatic hydroxyl groups is 1. The lowest BCUT2D eigenvalue weighted by Crippen LogP contribution is -2.56. The summed E-state index contributed by atoms with van der Waals surface area (Å²) >= 11 is 0. The van der Waals surface area contributed by atoms with Crippen LogP contribution in [0.3, 0.4) is 0 Å². The number of likely N-dealkylation sites (tertiary alicyclic amines) is 2. The Kier molecular flexibility index (Phi) is 8.23. The van der Waals surface area contributed by atoms with Gasteiger partial charge in [0.25, 0.3) is 17.7 Å². The first-order valence-corrected chi connectivity index (χ1v) is 13.9. The summed E-state index contributed by atoms with van der Waals surface area (Å²) in [6, 6.07) is 2.42. The summed E-state index contributed by atoms with van der Waals surface area (Å²) in [5.41, 5.74) is 3.34. The van der Waals surface area contributed by atoms with Gasteiger partial charge in [-0.2, -0.15) is 18.3 Å². The molecule has 3 atom stereocenters. The molecule has 4 N–H and O–H groups in total. The number of aryl methyl sites for hydroxylation is 1. The average molecular weight is 646 g/mol. The average Bonchev–Trinajstić information content (AvgIpc) is 3.49. The number of nitrogen functional groups attached to an aromatic ring is 1. The Bertz CT molecular complexity index is 1630. The molecule has 244 valence electrons. The summed E-state index contributed by atoms with van der Waals surface area (Å²) in [6.45, 7) is 0.669. The molecular weight excluding hydrogens is 615 g/mol. The molecule has 2 amide bonds. The monoisotopic (exact) mass is 645 g/mol. The van der Waals surface area contributed by atoms with Gasteiger partial charge in [0.15, 0.2) is 5.82 Å². The number of carbonyl (C=O) groups excluding carboxylic acids is 2. The predicted molar refractivity (Wildman–Crippen MR) is 146 cm³/mol. The van der Waals surface area contributed by atoms with Crippen molar-refractivity contribution in [3.8, 4) is 11.3 Å². The number of piperidine rings is 1. The second-order valence-electron chi connectivity index (χ2n) is 11.6. The Morgan fingerprint density at radius 1 is 1.16 bits per heavy atom. The minimum Gasteiger partial charge on any atom is -0.382 e. The van der Waals surface area contributed by atoms with Crippen LogP contribution in [0.2, 0.25) is 0 Å². The third kappa shape index (κ3) is 6.14. The van der Waals surface area contributed by atoms with Crippen LogP contribution in [0.1, 0.15) is 41.3 Å². The highest BCUT2D eigenvalue weighted by atomic mass is 19.4. The van der Waals surface area contributed by atoms with Crippen molar-refractivity contribution in [2.24, 2.45) is 0 Å². The fourth-order valence-electron chi connectivity index (χ4n) is 5.59. The second kappa shape index (κ2) is 11.4. The van der Waals surface area contributed by atoms with Gasteiger partial charge >= 0.3 is 6.18 Å². The number of nitrogens with zero attached hydrogens (tertiary/aromatic N) is 5. The van der Waals surface area contributed by atoms with Crippen LogP contribution in [0.4, 0.5) is 36.6 Å². The van der Waals surface area contributed by atoms with Crippen molar-refractivity contribution < 1.29 is 45.4 Å². The van der Waals surface area contributed by atoms with E-state index in [0.717, 1.165) is 12.4 Å². The summed E-state index contributed by atoms with van der Waals surface area (Å²) in [5.74, 6) is -6.10. The van der Waals surface area contributed by atoms with Crippen LogP contribution in [-0.2, 0) is 11.3 Å². The van der Waals surface area contributed by atoms with Gasteiger partial charge in [-0.25, -0.2) is 27.1 Å². The molecule has 2 saturated heterocycles. The van der Waals surface area contributed by atoms with Gasteiger partial charge in [-0.15, -0.1) is 0 Å². The number of carbonyl (C=O) groups is 2. The number of anilines is 1. The predicted octanol–water partition coefficient (Wildman–Crippen LogP) is 3.25. The third-order valence-electron chi connectivity index (χ3n) is 8.30. The normalized spacial score (nSPS) is 22.0. The van der Waals surface area contributed by atoms with E-state index in [1.165, 1.54) is 17.5 Å². The largest absolute Gasteiger partial charge is 0.426 e. The summed E-state index contributed by atoms with van der Waals surface area (Å²) < 4.78 is 98.4. The number of rotatable bonds is 6. The lowest BCUT2D eigenvalue weighted by atomic mass is 10.0. The van der Waals surface area contributed by atoms with E-state index in [2.05, 4.69) is 15.4 Å². The van der Waals surface area contributed by atoms with Gasteiger partial charge in [0.2, 0.25) is 5.60 Å². The first kappa shape index (κ1) is 32.4. The number of benzene rings is 1. The molecule has 0 bridgehead atoms. The Morgan fingerprint density at radius 3 is 2.47 bits per heavy atom. The molecule has 2 fully saturated rings. The number of amides is 2. The number of nitrogens with two attached hydrogens (primary N) is 1. The molecule has 0 aliphatic carbocycles. The first-order valence-electron chi connectivity index (χ1n) is 13.9. The van der Waals surface area contributed by atoms with Crippen LogP contribution >= 0.6 is 0 Å². The maximum atomic E-state index is 15.4. The zero-order chi connectivity index (χ0) is 33.1. The summed E-state index contributed by atoms with van der Waals surface area (Å²) in [4.78, 5) is 31.9. The van der Waals surface area contributed by atoms with Gasteiger partial charge in [0.1, 0.15) is 23.8 Å². The molecule has 10 nitrogen and oxygen atoms in total. The van der Waals surface area contributed by atoms with Gasteiger partial charge in [0.05, 0.1) is 18.3 Å². The Hall–Kier alpha value is -3.99. The maximum Gasteiger partial charge on any atom is 0.426 e. The van der Waals surface area contributed by atoms with Crippen LogP contribution in [-0.4, -0.2) is 97.4 Å². The van der Waals surface area contributed by atoms with E-state index in [1.54, 1.807) is 11.0 Å². The Balaban J connectivity index is 1.42. The number of nitrogens with one attached hydrogen (secondary N) is 1. The lowest BCUT2D eigenvalue weighted by Gasteiger charge is -2.31. The van der Waals surface area contributed by atoms with E-state index in [4.69, 9.17) is 5.73 Å². The first-order chi connectivity index (χ1) is 20.9. The highest BCUT2D eigenvalue weighted by Gasteiger charge is 2.58. The third-order valence-corrected chi connectivity index (χ3v) is 8.30. The minimum absolute atomic E-state index is 0.0536. The Labute approximate surface area is 252 Å². The van der Waals surface area contributed by atoms with E-state index in [-0.39, 0.29) is 67.6 Å². The minimum atomic E-state index is -5.31. The standard InChI is InChI=1S/C28H30F7N7O3/c1-14-7-18(29)17(9-16(14)24(43)39-20-12-41(11-19(20)30)25(44)26(2,45)28(33,34)35)21-8-15(22-23(36)37-13-38-42(21)22)10-40-5-3-27(31,32)4-6-40/h7-9,13,19-20,45H,3-6,10-12H2,1-2H3,(H,39,43)(H2,36,37,38)/t19-,20+,26+/m0/s1.